The Hall–Kier alpha value is 1.13. The molecule has 1 heterocycles. The van der Waals surface area contributed by atoms with Crippen molar-refractivity contribution in [2.24, 2.45) is 0 Å². The molecule has 1 aliphatic heterocycles. The fourth-order valence-corrected chi connectivity index (χ4v) is 2.73. The quantitative estimate of drug-likeness (QED) is 0.663. The summed E-state index contributed by atoms with van der Waals surface area (Å²) in [4.78, 5) is 0. The molecule has 4 nitrogen and oxygen atoms in total. The summed E-state index contributed by atoms with van der Waals surface area (Å²) in [6.07, 6.45) is 2.45. The largest absolute Gasteiger partial charge is 0.315 e. The fourth-order valence-electron chi connectivity index (χ4n) is 1.82. The second-order valence-electron chi connectivity index (χ2n) is 4.57. The average molecular weight is 296 g/mol. The average Bonchev–Trinajstić information content (AvgIpc) is 2.30. The topological polar surface area (TPSA) is 21.8 Å². The van der Waals surface area contributed by atoms with E-state index in [1.165, 1.54) is 12.8 Å². The van der Waals surface area contributed by atoms with E-state index in [9.17, 15) is 0 Å². The Morgan fingerprint density at radius 2 is 1.12 bits per heavy atom. The number of hydrogen-bond acceptors (Lipinski definition) is 4. The van der Waals surface area contributed by atoms with Crippen LogP contribution in [0.25, 0.3) is 0 Å². The molecule has 1 rings (SSSR count). The fraction of sp³-hybridized carbons (Fsp3) is 1.00. The SMILES string of the molecule is PN1CCCN(P)CCN(P)CCCNCC1. The van der Waals surface area contributed by atoms with Crippen LogP contribution < -0.4 is 5.32 Å². The predicted molar refractivity (Wildman–Crippen MR) is 86.0 cm³/mol. The minimum absolute atomic E-state index is 1.09. The summed E-state index contributed by atoms with van der Waals surface area (Å²) in [5.41, 5.74) is 0. The summed E-state index contributed by atoms with van der Waals surface area (Å²) < 4.78 is 7.02. The van der Waals surface area contributed by atoms with Crippen molar-refractivity contribution in [3.8, 4) is 0 Å². The van der Waals surface area contributed by atoms with Crippen LogP contribution in [0, 0.1) is 0 Å². The van der Waals surface area contributed by atoms with E-state index in [4.69, 9.17) is 0 Å². The van der Waals surface area contributed by atoms with Crippen molar-refractivity contribution in [2.75, 3.05) is 52.4 Å². The maximum atomic E-state index is 3.49. The van der Waals surface area contributed by atoms with Gasteiger partial charge in [-0.25, -0.2) is 0 Å². The van der Waals surface area contributed by atoms with Gasteiger partial charge in [0, 0.05) is 45.8 Å². The highest BCUT2D eigenvalue weighted by Crippen LogP contribution is 2.06. The Morgan fingerprint density at radius 1 is 0.588 bits per heavy atom. The first-order valence-corrected chi connectivity index (χ1v) is 7.93. The molecule has 102 valence electrons. The first-order chi connectivity index (χ1) is 8.18. The van der Waals surface area contributed by atoms with Gasteiger partial charge in [-0.3, -0.25) is 14.0 Å². The van der Waals surface area contributed by atoms with Crippen LogP contribution in [0.2, 0.25) is 0 Å². The highest BCUT2D eigenvalue weighted by atomic mass is 31.0. The van der Waals surface area contributed by atoms with Crippen LogP contribution in [-0.4, -0.2) is 66.4 Å². The molecular formula is C10H27N4P3. The predicted octanol–water partition coefficient (Wildman–Crippen LogP) is 0.646. The van der Waals surface area contributed by atoms with Crippen molar-refractivity contribution in [1.82, 2.24) is 19.3 Å². The molecule has 1 aliphatic rings. The molecule has 17 heavy (non-hydrogen) atoms. The molecule has 0 spiro atoms. The van der Waals surface area contributed by atoms with Gasteiger partial charge in [-0.2, -0.15) is 0 Å². The molecule has 0 aromatic heterocycles. The highest BCUT2D eigenvalue weighted by Gasteiger charge is 2.05. The highest BCUT2D eigenvalue weighted by molar-refractivity contribution is 7.13. The smallest absolute Gasteiger partial charge is 0.0147 e. The maximum absolute atomic E-state index is 3.49. The number of nitrogens with zero attached hydrogens (tertiary/aromatic N) is 3. The van der Waals surface area contributed by atoms with Gasteiger partial charge in [-0.1, -0.05) is 28.2 Å². The Balaban J connectivity index is 2.28. The number of hydrogen-bond donors (Lipinski definition) is 1. The van der Waals surface area contributed by atoms with Gasteiger partial charge in [0.15, 0.2) is 0 Å². The molecule has 0 amide bonds. The molecule has 1 N–H and O–H groups in total. The van der Waals surface area contributed by atoms with Crippen LogP contribution in [0.15, 0.2) is 0 Å². The van der Waals surface area contributed by atoms with Crippen molar-refractivity contribution in [2.45, 2.75) is 12.8 Å². The lowest BCUT2D eigenvalue weighted by Gasteiger charge is -2.24. The van der Waals surface area contributed by atoms with E-state index >= 15 is 0 Å². The van der Waals surface area contributed by atoms with Gasteiger partial charge in [0.05, 0.1) is 0 Å². The molecular weight excluding hydrogens is 269 g/mol. The van der Waals surface area contributed by atoms with Crippen molar-refractivity contribution < 1.29 is 0 Å². The third kappa shape index (κ3) is 8.78. The van der Waals surface area contributed by atoms with Gasteiger partial charge in [-0.05, 0) is 19.4 Å². The molecule has 0 saturated carbocycles. The normalized spacial score (nSPS) is 25.6. The third-order valence-corrected chi connectivity index (χ3v) is 4.49. The van der Waals surface area contributed by atoms with Gasteiger partial charge in [0.2, 0.25) is 0 Å². The first-order valence-electron chi connectivity index (χ1n) is 6.38. The minimum atomic E-state index is 1.09. The second kappa shape index (κ2) is 9.98. The molecule has 0 aliphatic carbocycles. The van der Waals surface area contributed by atoms with E-state index in [0.29, 0.717) is 0 Å². The molecule has 0 radical (unpaired) electrons. The summed E-state index contributed by atoms with van der Waals surface area (Å²) in [6, 6.07) is 0. The van der Waals surface area contributed by atoms with E-state index in [2.05, 4.69) is 47.5 Å². The zero-order valence-corrected chi connectivity index (χ0v) is 14.1. The van der Waals surface area contributed by atoms with Gasteiger partial charge in [0.25, 0.3) is 0 Å². The Labute approximate surface area is 113 Å². The molecule has 0 aromatic rings. The van der Waals surface area contributed by atoms with Crippen LogP contribution in [-0.2, 0) is 0 Å². The molecule has 0 aromatic carbocycles. The van der Waals surface area contributed by atoms with E-state index in [-0.39, 0.29) is 0 Å². The van der Waals surface area contributed by atoms with Crippen molar-refractivity contribution >= 4 is 28.2 Å². The Bertz CT molecular complexity index is 196. The van der Waals surface area contributed by atoms with Crippen molar-refractivity contribution in [1.29, 1.82) is 0 Å². The Kier molecular flexibility index (Phi) is 9.50. The second-order valence-corrected chi connectivity index (χ2v) is 6.76. The zero-order valence-electron chi connectivity index (χ0n) is 10.6. The van der Waals surface area contributed by atoms with Crippen LogP contribution in [0.5, 0.6) is 0 Å². The summed E-state index contributed by atoms with van der Waals surface area (Å²) in [6.45, 7) is 9.03. The molecule has 3 unspecified atom stereocenters. The molecule has 3 atom stereocenters. The van der Waals surface area contributed by atoms with Gasteiger partial charge in [0.1, 0.15) is 0 Å². The molecule has 1 fully saturated rings. The van der Waals surface area contributed by atoms with E-state index in [1.54, 1.807) is 0 Å². The van der Waals surface area contributed by atoms with E-state index in [0.717, 1.165) is 52.4 Å². The lowest BCUT2D eigenvalue weighted by molar-refractivity contribution is 0.352. The lowest BCUT2D eigenvalue weighted by atomic mass is 10.3. The van der Waals surface area contributed by atoms with E-state index < -0.39 is 0 Å². The monoisotopic (exact) mass is 296 g/mol. The maximum Gasteiger partial charge on any atom is 0.0147 e. The lowest BCUT2D eigenvalue weighted by Crippen LogP contribution is -2.32. The van der Waals surface area contributed by atoms with Gasteiger partial charge in [-0.15, -0.1) is 0 Å². The Morgan fingerprint density at radius 3 is 1.76 bits per heavy atom. The summed E-state index contributed by atoms with van der Waals surface area (Å²) in [7, 11) is 8.51. The van der Waals surface area contributed by atoms with Crippen LogP contribution >= 0.6 is 28.2 Å². The third-order valence-electron chi connectivity index (χ3n) is 2.94. The number of nitrogens with one attached hydrogen (secondary N) is 1. The summed E-state index contributed by atoms with van der Waals surface area (Å²) >= 11 is 0. The van der Waals surface area contributed by atoms with Crippen LogP contribution in [0.1, 0.15) is 12.8 Å². The zero-order chi connectivity index (χ0) is 12.5. The van der Waals surface area contributed by atoms with Gasteiger partial charge >= 0.3 is 0 Å². The molecule has 7 heteroatoms. The minimum Gasteiger partial charge on any atom is -0.315 e. The van der Waals surface area contributed by atoms with Crippen molar-refractivity contribution in [3.63, 3.8) is 0 Å². The summed E-state index contributed by atoms with van der Waals surface area (Å²) in [5.74, 6) is 0. The molecule has 1 saturated heterocycles. The molecule has 0 bridgehead atoms. The van der Waals surface area contributed by atoms with Crippen molar-refractivity contribution in [3.05, 3.63) is 0 Å². The standard InChI is InChI=1S/C10H27N4P3/c15-12-6-2-7-14(17)10-9-13(16)5-1-3-11-4-8-12/h11H,1-10,15-17H2. The number of rotatable bonds is 0. The van der Waals surface area contributed by atoms with Crippen LogP contribution in [0.3, 0.4) is 0 Å². The summed E-state index contributed by atoms with van der Waals surface area (Å²) in [5, 5.41) is 3.49. The van der Waals surface area contributed by atoms with Gasteiger partial charge < -0.3 is 5.32 Å². The first kappa shape index (κ1) is 16.2. The van der Waals surface area contributed by atoms with E-state index in [1.807, 2.05) is 0 Å². The van der Waals surface area contributed by atoms with Crippen LogP contribution in [0.4, 0.5) is 0 Å².